The minimum atomic E-state index is -1.33. The SMILES string of the molecule is [C-]#[N+]C1=C(c2ccc(N(c3ccc(C(C)(C)c4ccccc4)cc3)c3ccc(C(C)(C)c4ccccc4)cc3)s2)C(=O)N(CC(=O)O)C1=O. The van der Waals surface area contributed by atoms with Crippen molar-refractivity contribution in [1.82, 2.24) is 4.90 Å². The molecule has 0 unspecified atom stereocenters. The third-order valence-corrected chi connectivity index (χ3v) is 10.4. The van der Waals surface area contributed by atoms with Crippen LogP contribution in [0.15, 0.2) is 127 Å². The van der Waals surface area contributed by atoms with E-state index in [9.17, 15) is 19.5 Å². The molecular formula is C41H35N3O4S. The second-order valence-corrected chi connectivity index (χ2v) is 14.0. The van der Waals surface area contributed by atoms with Crippen LogP contribution in [-0.2, 0) is 25.2 Å². The van der Waals surface area contributed by atoms with E-state index in [1.54, 1.807) is 6.07 Å². The smallest absolute Gasteiger partial charge is 0.323 e. The van der Waals surface area contributed by atoms with Crippen molar-refractivity contribution in [2.75, 3.05) is 11.4 Å². The summed E-state index contributed by atoms with van der Waals surface area (Å²) in [4.78, 5) is 43.9. The molecule has 8 heteroatoms. The lowest BCUT2D eigenvalue weighted by Crippen LogP contribution is -2.36. The van der Waals surface area contributed by atoms with E-state index in [-0.39, 0.29) is 22.1 Å². The van der Waals surface area contributed by atoms with Crippen LogP contribution in [0.5, 0.6) is 0 Å². The topological polar surface area (TPSA) is 82.3 Å². The van der Waals surface area contributed by atoms with E-state index in [0.717, 1.165) is 27.5 Å². The third-order valence-electron chi connectivity index (χ3n) is 9.29. The van der Waals surface area contributed by atoms with Crippen LogP contribution in [0.25, 0.3) is 10.4 Å². The first-order valence-electron chi connectivity index (χ1n) is 15.9. The number of carboxylic acid groups (broad SMARTS) is 1. The molecule has 244 valence electrons. The quantitative estimate of drug-likeness (QED) is 0.119. The minimum Gasteiger partial charge on any atom is -0.480 e. The number of hydrogen-bond donors (Lipinski definition) is 1. The van der Waals surface area contributed by atoms with Crippen molar-refractivity contribution in [3.63, 3.8) is 0 Å². The van der Waals surface area contributed by atoms with Gasteiger partial charge in [0.25, 0.3) is 17.5 Å². The van der Waals surface area contributed by atoms with Crippen molar-refractivity contribution in [3.05, 3.63) is 166 Å². The lowest BCUT2D eigenvalue weighted by molar-refractivity contribution is -0.147. The normalized spacial score (nSPS) is 13.5. The molecule has 0 saturated carbocycles. The Kier molecular flexibility index (Phi) is 8.81. The van der Waals surface area contributed by atoms with Gasteiger partial charge in [-0.3, -0.25) is 19.3 Å². The number of nitrogens with zero attached hydrogens (tertiary/aromatic N) is 3. The molecule has 1 aliphatic heterocycles. The van der Waals surface area contributed by atoms with Crippen molar-refractivity contribution < 1.29 is 19.5 Å². The van der Waals surface area contributed by atoms with Crippen LogP contribution in [0.3, 0.4) is 0 Å². The largest absolute Gasteiger partial charge is 0.480 e. The average Bonchev–Trinajstić information content (AvgIpc) is 3.67. The lowest BCUT2D eigenvalue weighted by atomic mass is 9.78. The highest BCUT2D eigenvalue weighted by Crippen LogP contribution is 2.44. The number of thiophene rings is 1. The average molecular weight is 666 g/mol. The number of hydrogen-bond acceptors (Lipinski definition) is 5. The summed E-state index contributed by atoms with van der Waals surface area (Å²) < 4.78 is 0. The van der Waals surface area contributed by atoms with Crippen molar-refractivity contribution in [1.29, 1.82) is 0 Å². The van der Waals surface area contributed by atoms with Crippen LogP contribution in [0, 0.1) is 6.57 Å². The number of amides is 2. The summed E-state index contributed by atoms with van der Waals surface area (Å²) in [5.74, 6) is -3.00. The Bertz CT molecular complexity index is 2010. The predicted molar refractivity (Wildman–Crippen MR) is 194 cm³/mol. The Balaban J connectivity index is 1.42. The van der Waals surface area contributed by atoms with E-state index in [0.29, 0.717) is 9.78 Å². The van der Waals surface area contributed by atoms with E-state index in [1.165, 1.54) is 22.5 Å². The number of carbonyl (C=O) groups is 3. The number of anilines is 3. The predicted octanol–water partition coefficient (Wildman–Crippen LogP) is 8.95. The molecule has 0 saturated heterocycles. The van der Waals surface area contributed by atoms with Crippen molar-refractivity contribution in [2.24, 2.45) is 0 Å². The highest BCUT2D eigenvalue weighted by molar-refractivity contribution is 7.17. The van der Waals surface area contributed by atoms with Gasteiger partial charge in [-0.05, 0) is 58.7 Å². The molecular weight excluding hydrogens is 631 g/mol. The molecule has 1 aromatic heterocycles. The van der Waals surface area contributed by atoms with Crippen LogP contribution >= 0.6 is 11.3 Å². The molecule has 5 aromatic rings. The van der Waals surface area contributed by atoms with E-state index < -0.39 is 24.3 Å². The zero-order valence-electron chi connectivity index (χ0n) is 27.7. The summed E-state index contributed by atoms with van der Waals surface area (Å²) in [6.07, 6.45) is 0. The molecule has 49 heavy (non-hydrogen) atoms. The zero-order chi connectivity index (χ0) is 34.9. The highest BCUT2D eigenvalue weighted by atomic mass is 32.1. The number of aliphatic carboxylic acids is 1. The van der Waals surface area contributed by atoms with Gasteiger partial charge in [-0.15, -0.1) is 11.3 Å². The van der Waals surface area contributed by atoms with E-state index >= 15 is 0 Å². The van der Waals surface area contributed by atoms with Crippen LogP contribution in [0.1, 0.15) is 54.8 Å². The molecule has 6 rings (SSSR count). The maximum Gasteiger partial charge on any atom is 0.323 e. The molecule has 7 nitrogen and oxygen atoms in total. The van der Waals surface area contributed by atoms with Gasteiger partial charge in [-0.25, -0.2) is 4.85 Å². The van der Waals surface area contributed by atoms with Crippen molar-refractivity contribution >= 4 is 51.1 Å². The minimum absolute atomic E-state index is 0.0719. The van der Waals surface area contributed by atoms with Gasteiger partial charge in [-0.1, -0.05) is 113 Å². The molecule has 2 amide bonds. The third kappa shape index (κ3) is 6.17. The summed E-state index contributed by atoms with van der Waals surface area (Å²) >= 11 is 1.26. The van der Waals surface area contributed by atoms with Gasteiger partial charge < -0.3 is 10.0 Å². The molecule has 1 N–H and O–H groups in total. The number of carboxylic acids is 1. The van der Waals surface area contributed by atoms with Crippen LogP contribution < -0.4 is 4.90 Å². The Morgan fingerprint density at radius 3 is 1.57 bits per heavy atom. The second-order valence-electron chi connectivity index (χ2n) is 13.0. The number of benzene rings is 4. The Hall–Kier alpha value is -5.78. The molecule has 0 spiro atoms. The number of rotatable bonds is 10. The van der Waals surface area contributed by atoms with Crippen LogP contribution in [0.4, 0.5) is 16.4 Å². The number of carbonyl (C=O) groups excluding carboxylic acids is 2. The molecule has 0 atom stereocenters. The number of imide groups is 1. The highest BCUT2D eigenvalue weighted by Gasteiger charge is 2.41. The first kappa shape index (κ1) is 33.1. The van der Waals surface area contributed by atoms with E-state index in [4.69, 9.17) is 6.57 Å². The van der Waals surface area contributed by atoms with Gasteiger partial charge in [0.05, 0.1) is 12.1 Å². The molecule has 4 aromatic carbocycles. The zero-order valence-corrected chi connectivity index (χ0v) is 28.5. The fourth-order valence-corrected chi connectivity index (χ4v) is 7.34. The van der Waals surface area contributed by atoms with Gasteiger partial charge in [0, 0.05) is 27.1 Å². The molecule has 0 aliphatic carbocycles. The fraction of sp³-hybridized carbons (Fsp3) is 0.171. The van der Waals surface area contributed by atoms with Crippen molar-refractivity contribution in [3.8, 4) is 0 Å². The maximum atomic E-state index is 13.3. The van der Waals surface area contributed by atoms with Gasteiger partial charge in [0.2, 0.25) is 0 Å². The van der Waals surface area contributed by atoms with Gasteiger partial charge in [-0.2, -0.15) is 0 Å². The Morgan fingerprint density at radius 1 is 0.694 bits per heavy atom. The summed E-state index contributed by atoms with van der Waals surface area (Å²) in [6, 6.07) is 41.1. The standard InChI is InChI=1S/C41H35N3O4S/c1-40(2,27-12-8-6-9-13-27)29-16-20-31(21-17-29)44(32-22-18-30(19-23-32)41(3,4)28-14-10-7-11-15-28)34-25-24-33(49-34)36-37(42-5)39(48)43(38(36)47)26-35(45)46/h6-25H,26H2,1-4H3,(H,45,46). The molecule has 0 fully saturated rings. The van der Waals surface area contributed by atoms with Gasteiger partial charge in [0.15, 0.2) is 0 Å². The Morgan fingerprint density at radius 2 is 1.14 bits per heavy atom. The van der Waals surface area contributed by atoms with Crippen LogP contribution in [-0.4, -0.2) is 34.3 Å². The molecule has 1 aliphatic rings. The maximum absolute atomic E-state index is 13.3. The van der Waals surface area contributed by atoms with Crippen LogP contribution in [0.2, 0.25) is 0 Å². The summed E-state index contributed by atoms with van der Waals surface area (Å²) in [6.45, 7) is 15.6. The van der Waals surface area contributed by atoms with Crippen molar-refractivity contribution in [2.45, 2.75) is 38.5 Å². The monoisotopic (exact) mass is 665 g/mol. The summed E-state index contributed by atoms with van der Waals surface area (Å²) in [5, 5.41) is 10.0. The van der Waals surface area contributed by atoms with Gasteiger partial charge in [0.1, 0.15) is 11.5 Å². The second kappa shape index (κ2) is 13.0. The Labute approximate surface area is 290 Å². The summed E-state index contributed by atoms with van der Waals surface area (Å²) in [7, 11) is 0. The first-order chi connectivity index (χ1) is 23.4. The summed E-state index contributed by atoms with van der Waals surface area (Å²) in [5.41, 5.74) is 5.57. The first-order valence-corrected chi connectivity index (χ1v) is 16.7. The fourth-order valence-electron chi connectivity index (χ4n) is 6.25. The molecule has 0 radical (unpaired) electrons. The van der Waals surface area contributed by atoms with Gasteiger partial charge >= 0.3 is 5.97 Å². The van der Waals surface area contributed by atoms with E-state index in [1.807, 2.05) is 42.5 Å². The molecule has 2 heterocycles. The van der Waals surface area contributed by atoms with E-state index in [2.05, 4.69) is 110 Å². The molecule has 0 bridgehead atoms. The lowest BCUT2D eigenvalue weighted by Gasteiger charge is -2.29.